The van der Waals surface area contributed by atoms with Gasteiger partial charge in [-0.2, -0.15) is 20.3 Å². The van der Waals surface area contributed by atoms with Crippen LogP contribution in [-0.2, 0) is 4.74 Å². The van der Waals surface area contributed by atoms with Gasteiger partial charge in [0.1, 0.15) is 29.6 Å². The number of alkyl halides is 2. The van der Waals surface area contributed by atoms with Gasteiger partial charge in [-0.15, -0.1) is 0 Å². The predicted octanol–water partition coefficient (Wildman–Crippen LogP) is 7.12. The van der Waals surface area contributed by atoms with Crippen molar-refractivity contribution in [3.63, 3.8) is 0 Å². The number of aromatic amines is 1. The van der Waals surface area contributed by atoms with Crippen LogP contribution < -0.4 is 14.4 Å². The molecular formula is C37H43ClF2N8O4. The minimum Gasteiger partial charge on any atom is -0.487 e. The van der Waals surface area contributed by atoms with Crippen LogP contribution in [0.2, 0.25) is 5.02 Å². The van der Waals surface area contributed by atoms with Crippen LogP contribution in [0.15, 0.2) is 24.4 Å². The Morgan fingerprint density at radius 1 is 1.13 bits per heavy atom. The second kappa shape index (κ2) is 13.8. The summed E-state index contributed by atoms with van der Waals surface area (Å²) in [5.41, 5.74) is 2.57. The van der Waals surface area contributed by atoms with Gasteiger partial charge in [0.05, 0.1) is 35.3 Å². The van der Waals surface area contributed by atoms with Crippen molar-refractivity contribution in [1.82, 2.24) is 30.0 Å². The molecule has 2 aliphatic heterocycles. The first-order valence-electron chi connectivity index (χ1n) is 17.7. The normalized spacial score (nSPS) is 21.0. The fourth-order valence-electron chi connectivity index (χ4n) is 7.39. The van der Waals surface area contributed by atoms with Crippen LogP contribution in [0.4, 0.5) is 19.4 Å². The molecule has 2 atom stereocenters. The summed E-state index contributed by atoms with van der Waals surface area (Å²) in [6.07, 6.45) is 1.66. The molecule has 3 aliphatic rings. The Morgan fingerprint density at radius 2 is 1.92 bits per heavy atom. The number of likely N-dealkylation sites (tertiary alicyclic amines) is 1. The molecular weight excluding hydrogens is 694 g/mol. The molecule has 1 aliphatic carbocycles. The number of carbonyl (C=O) groups excluding carboxylic acids is 1. The number of benzene rings is 2. The molecule has 1 saturated carbocycles. The maximum atomic E-state index is 14.2. The number of H-pyrrole nitrogens is 1. The zero-order valence-electron chi connectivity index (χ0n) is 30.0. The van der Waals surface area contributed by atoms with Gasteiger partial charge >= 0.3 is 12.1 Å². The van der Waals surface area contributed by atoms with Crippen molar-refractivity contribution >= 4 is 45.3 Å². The molecule has 4 heterocycles. The summed E-state index contributed by atoms with van der Waals surface area (Å²) < 4.78 is 47.0. The first kappa shape index (κ1) is 35.9. The van der Waals surface area contributed by atoms with Crippen LogP contribution in [0.1, 0.15) is 58.4 Å². The average Bonchev–Trinajstić information content (AvgIpc) is 3.71. The largest absolute Gasteiger partial charge is 0.487 e. The van der Waals surface area contributed by atoms with E-state index in [2.05, 4.69) is 28.2 Å². The number of piperazine rings is 1. The van der Waals surface area contributed by atoms with Crippen molar-refractivity contribution in [2.45, 2.75) is 89.5 Å². The number of nitrogens with zero attached hydrogens (tertiary/aromatic N) is 7. The number of ether oxygens (including phenoxy) is 3. The van der Waals surface area contributed by atoms with Crippen LogP contribution in [-0.4, -0.2) is 106 Å². The number of anilines is 1. The second-order valence-corrected chi connectivity index (χ2v) is 15.5. The van der Waals surface area contributed by atoms with Gasteiger partial charge < -0.3 is 28.9 Å². The lowest BCUT2D eigenvalue weighted by Gasteiger charge is -2.41. The highest BCUT2D eigenvalue weighted by molar-refractivity contribution is 6.35. The fraction of sp³-hybridized carbons (Fsp3) is 0.541. The number of aryl methyl sites for hydroxylation is 1. The lowest BCUT2D eigenvalue weighted by Crippen LogP contribution is -2.56. The molecule has 0 spiro atoms. The van der Waals surface area contributed by atoms with E-state index in [0.717, 1.165) is 41.4 Å². The molecule has 3 fully saturated rings. The summed E-state index contributed by atoms with van der Waals surface area (Å²) in [6.45, 7) is 9.55. The lowest BCUT2D eigenvalue weighted by atomic mass is 9.90. The fourth-order valence-corrected chi connectivity index (χ4v) is 7.68. The molecule has 1 N–H and O–H groups in total. The third-order valence-electron chi connectivity index (χ3n) is 10.1. The number of likely N-dealkylation sites (N-methyl/N-ethyl adjacent to an activating group) is 1. The maximum Gasteiger partial charge on any atom is 0.410 e. The van der Waals surface area contributed by atoms with Crippen LogP contribution in [0.5, 0.6) is 11.8 Å². The Morgan fingerprint density at radius 3 is 2.62 bits per heavy atom. The predicted molar refractivity (Wildman–Crippen MR) is 193 cm³/mol. The molecule has 0 bridgehead atoms. The number of nitrogens with one attached hydrogen (secondary N) is 1. The van der Waals surface area contributed by atoms with Gasteiger partial charge in [0.25, 0.3) is 5.92 Å². The Hall–Kier alpha value is -4.48. The Kier molecular flexibility index (Phi) is 9.54. The highest BCUT2D eigenvalue weighted by Crippen LogP contribution is 2.50. The summed E-state index contributed by atoms with van der Waals surface area (Å²) in [6, 6.07) is 7.63. The van der Waals surface area contributed by atoms with E-state index in [1.54, 1.807) is 37.9 Å². The molecule has 2 aromatic carbocycles. The van der Waals surface area contributed by atoms with E-state index in [-0.39, 0.29) is 37.3 Å². The van der Waals surface area contributed by atoms with Crippen molar-refractivity contribution in [2.75, 3.05) is 44.7 Å². The number of hydrogen-bond acceptors (Lipinski definition) is 10. The van der Waals surface area contributed by atoms with Crippen LogP contribution >= 0.6 is 11.6 Å². The molecule has 2 aromatic heterocycles. The van der Waals surface area contributed by atoms with E-state index < -0.39 is 42.6 Å². The third-order valence-corrected chi connectivity index (χ3v) is 10.4. The maximum absolute atomic E-state index is 14.2. The quantitative estimate of drug-likeness (QED) is 0.199. The van der Waals surface area contributed by atoms with Gasteiger partial charge in [0, 0.05) is 60.4 Å². The van der Waals surface area contributed by atoms with Crippen molar-refractivity contribution in [2.24, 2.45) is 0 Å². The molecule has 0 unspecified atom stereocenters. The molecule has 52 heavy (non-hydrogen) atoms. The second-order valence-electron chi connectivity index (χ2n) is 15.1. The molecule has 15 heteroatoms. The molecule has 0 radical (unpaired) electrons. The van der Waals surface area contributed by atoms with Gasteiger partial charge in [0.15, 0.2) is 5.75 Å². The minimum atomic E-state index is -2.83. The van der Waals surface area contributed by atoms with Crippen molar-refractivity contribution in [1.29, 1.82) is 5.26 Å². The van der Waals surface area contributed by atoms with E-state index >= 15 is 0 Å². The van der Waals surface area contributed by atoms with E-state index in [1.807, 2.05) is 24.0 Å². The number of hydrogen-bond donors (Lipinski definition) is 1. The molecule has 7 rings (SSSR count). The molecule has 4 aromatic rings. The van der Waals surface area contributed by atoms with Gasteiger partial charge in [0.2, 0.25) is 0 Å². The van der Waals surface area contributed by atoms with Crippen molar-refractivity contribution in [3.8, 4) is 29.0 Å². The van der Waals surface area contributed by atoms with Crippen LogP contribution in [0, 0.1) is 18.3 Å². The average molecular weight is 737 g/mol. The topological polar surface area (TPSA) is 133 Å². The van der Waals surface area contributed by atoms with Gasteiger partial charge in [-0.25, -0.2) is 13.6 Å². The summed E-state index contributed by atoms with van der Waals surface area (Å²) in [5.74, 6) is -2.10. The monoisotopic (exact) mass is 736 g/mol. The number of nitriles is 1. The number of aromatic nitrogens is 4. The van der Waals surface area contributed by atoms with E-state index in [4.69, 9.17) is 35.8 Å². The van der Waals surface area contributed by atoms with Crippen LogP contribution in [0.25, 0.3) is 32.9 Å². The third kappa shape index (κ3) is 7.13. The zero-order valence-corrected chi connectivity index (χ0v) is 30.8. The Balaban J connectivity index is 1.38. The van der Waals surface area contributed by atoms with Gasteiger partial charge in [-0.3, -0.25) is 5.10 Å². The number of rotatable bonds is 8. The zero-order chi connectivity index (χ0) is 36.9. The minimum absolute atomic E-state index is 0.0687. The molecule has 12 nitrogen and oxygen atoms in total. The van der Waals surface area contributed by atoms with Crippen LogP contribution in [0.3, 0.4) is 0 Å². The van der Waals surface area contributed by atoms with Gasteiger partial charge in [-0.05, 0) is 71.8 Å². The first-order valence-corrected chi connectivity index (χ1v) is 18.1. The molecule has 2 saturated heterocycles. The van der Waals surface area contributed by atoms with E-state index in [0.29, 0.717) is 40.5 Å². The molecule has 276 valence electrons. The van der Waals surface area contributed by atoms with E-state index in [9.17, 15) is 18.8 Å². The summed E-state index contributed by atoms with van der Waals surface area (Å²) in [4.78, 5) is 28.9. The Bertz CT molecular complexity index is 2040. The summed E-state index contributed by atoms with van der Waals surface area (Å²) in [5, 5.41) is 18.7. The summed E-state index contributed by atoms with van der Waals surface area (Å²) >= 11 is 7.22. The first-order chi connectivity index (χ1) is 24.7. The van der Waals surface area contributed by atoms with Gasteiger partial charge in [-0.1, -0.05) is 17.7 Å². The highest BCUT2D eigenvalue weighted by atomic mass is 35.5. The standard InChI is InChI=1S/C37H43ClF2N8O4/c1-21-8-9-28-26(18-42-45-28)29(21)30-27(38)15-25-31(32(30)51-24-16-37(39,40)17-24)43-34(50-20-23-7-6-12-46(23)5)44-33(25)47-13-14-48(22(19-47)10-11-41)35(49)52-36(2,3)4/h8-9,15,18,22-24H,6-7,10,12-14,16-17,19-20H2,1-5H3,(H,42,45)/t22-,23-/m0/s1. The molecule has 1 amide bonds. The number of fused-ring (bicyclic) bond motifs is 2. The lowest BCUT2D eigenvalue weighted by molar-refractivity contribution is -0.134. The highest BCUT2D eigenvalue weighted by Gasteiger charge is 2.47. The number of amides is 1. The summed E-state index contributed by atoms with van der Waals surface area (Å²) in [7, 11) is 2.06. The van der Waals surface area contributed by atoms with Crippen molar-refractivity contribution < 1.29 is 27.8 Å². The smallest absolute Gasteiger partial charge is 0.410 e. The SMILES string of the molecule is Cc1ccc2[nH]ncc2c1-c1c(Cl)cc2c(N3CCN(C(=O)OC(C)(C)C)[C@@H](CC#N)C3)nc(OC[C@@H]3CCCN3C)nc2c1OC1CC(F)(F)C1. The Labute approximate surface area is 306 Å². The van der Waals surface area contributed by atoms with E-state index in [1.165, 1.54) is 0 Å². The van der Waals surface area contributed by atoms with Crippen molar-refractivity contribution in [3.05, 3.63) is 35.0 Å². The number of carbonyl (C=O) groups is 1. The number of halogens is 3.